The number of nitrogens with zero attached hydrogens (tertiary/aromatic N) is 1. The maximum Gasteiger partial charge on any atom is 0.0825 e. The fourth-order valence-corrected chi connectivity index (χ4v) is 3.97. The number of hydrogen-bond donors (Lipinski definition) is 2. The zero-order valence-electron chi connectivity index (χ0n) is 11.6. The summed E-state index contributed by atoms with van der Waals surface area (Å²) in [6.45, 7) is 4.15. The lowest BCUT2D eigenvalue weighted by Crippen LogP contribution is -2.18. The minimum atomic E-state index is 0.442. The predicted molar refractivity (Wildman–Crippen MR) is 80.7 cm³/mol. The minimum absolute atomic E-state index is 0.442. The quantitative estimate of drug-likeness (QED) is 0.866. The molecule has 1 fully saturated rings. The van der Waals surface area contributed by atoms with Gasteiger partial charge in [0.1, 0.15) is 0 Å². The number of hydrogen-bond acceptors (Lipinski definition) is 3. The van der Waals surface area contributed by atoms with Gasteiger partial charge in [-0.05, 0) is 44.1 Å². The van der Waals surface area contributed by atoms with E-state index in [1.807, 2.05) is 11.3 Å². The molecule has 19 heavy (non-hydrogen) atoms. The summed E-state index contributed by atoms with van der Waals surface area (Å²) in [6.07, 6.45) is 5.42. The zero-order valence-corrected chi connectivity index (χ0v) is 12.4. The third kappa shape index (κ3) is 2.54. The van der Waals surface area contributed by atoms with Crippen LogP contribution in [0, 0.1) is 19.8 Å². The zero-order chi connectivity index (χ0) is 13.2. The van der Waals surface area contributed by atoms with Crippen LogP contribution in [-0.4, -0.2) is 10.2 Å². The largest absolute Gasteiger partial charge is 0.374 e. The number of thiophene rings is 1. The van der Waals surface area contributed by atoms with Crippen LogP contribution in [0.15, 0.2) is 17.5 Å². The molecule has 1 aliphatic rings. The molecule has 4 heteroatoms. The first-order valence-corrected chi connectivity index (χ1v) is 7.95. The van der Waals surface area contributed by atoms with E-state index in [9.17, 15) is 0 Å². The molecule has 2 aromatic rings. The van der Waals surface area contributed by atoms with Crippen LogP contribution in [-0.2, 0) is 0 Å². The molecule has 2 heterocycles. The Morgan fingerprint density at radius 1 is 1.37 bits per heavy atom. The van der Waals surface area contributed by atoms with Gasteiger partial charge in [-0.15, -0.1) is 11.3 Å². The molecule has 2 N–H and O–H groups in total. The van der Waals surface area contributed by atoms with Crippen LogP contribution in [0.25, 0.3) is 0 Å². The van der Waals surface area contributed by atoms with Gasteiger partial charge in [0, 0.05) is 4.88 Å². The van der Waals surface area contributed by atoms with Crippen LogP contribution >= 0.6 is 11.3 Å². The molecular weight excluding hydrogens is 254 g/mol. The second kappa shape index (κ2) is 5.37. The first-order valence-electron chi connectivity index (χ1n) is 7.07. The van der Waals surface area contributed by atoms with Crippen LogP contribution in [0.1, 0.15) is 48.0 Å². The molecule has 1 aliphatic carbocycles. The average molecular weight is 275 g/mol. The van der Waals surface area contributed by atoms with E-state index in [0.29, 0.717) is 6.04 Å². The van der Waals surface area contributed by atoms with Gasteiger partial charge in [-0.2, -0.15) is 5.10 Å². The maximum atomic E-state index is 4.29. The highest BCUT2D eigenvalue weighted by Gasteiger charge is 2.28. The summed E-state index contributed by atoms with van der Waals surface area (Å²) < 4.78 is 0. The van der Waals surface area contributed by atoms with Crippen molar-refractivity contribution in [3.05, 3.63) is 33.8 Å². The van der Waals surface area contributed by atoms with Crippen molar-refractivity contribution in [3.8, 4) is 0 Å². The highest BCUT2D eigenvalue weighted by atomic mass is 32.1. The van der Waals surface area contributed by atoms with Crippen molar-refractivity contribution < 1.29 is 0 Å². The Bertz CT molecular complexity index is 504. The number of anilines is 1. The van der Waals surface area contributed by atoms with Crippen molar-refractivity contribution in [2.24, 2.45) is 5.92 Å². The maximum absolute atomic E-state index is 4.29. The molecule has 3 nitrogen and oxygen atoms in total. The summed E-state index contributed by atoms with van der Waals surface area (Å²) in [5.41, 5.74) is 3.39. The highest BCUT2D eigenvalue weighted by molar-refractivity contribution is 7.10. The van der Waals surface area contributed by atoms with E-state index in [1.54, 1.807) is 0 Å². The number of aryl methyl sites for hydroxylation is 2. The Hall–Kier alpha value is -1.29. The first-order chi connectivity index (χ1) is 9.25. The molecule has 102 valence electrons. The molecule has 0 spiro atoms. The standard InChI is InChI=1S/C15H21N3S/c1-10-14(11(2)18-17-10)16-15(12-6-3-4-7-12)13-8-5-9-19-13/h5,8-9,12,15-16H,3-4,6-7H2,1-2H3,(H,17,18). The van der Waals surface area contributed by atoms with E-state index in [-0.39, 0.29) is 0 Å². The fourth-order valence-electron chi connectivity index (χ4n) is 3.10. The van der Waals surface area contributed by atoms with Crippen molar-refractivity contribution >= 4 is 17.0 Å². The summed E-state index contributed by atoms with van der Waals surface area (Å²) in [5.74, 6) is 0.757. The Balaban J connectivity index is 1.87. The van der Waals surface area contributed by atoms with Gasteiger partial charge in [-0.25, -0.2) is 0 Å². The first kappa shape index (κ1) is 12.7. The van der Waals surface area contributed by atoms with Crippen LogP contribution in [0.2, 0.25) is 0 Å². The molecule has 0 bridgehead atoms. The molecule has 3 rings (SSSR count). The van der Waals surface area contributed by atoms with Crippen molar-refractivity contribution in [2.75, 3.05) is 5.32 Å². The molecule has 0 aliphatic heterocycles. The predicted octanol–water partition coefficient (Wildman–Crippen LogP) is 4.43. The Kier molecular flexibility index (Phi) is 3.60. The summed E-state index contributed by atoms with van der Waals surface area (Å²) in [7, 11) is 0. The minimum Gasteiger partial charge on any atom is -0.374 e. The smallest absolute Gasteiger partial charge is 0.0825 e. The third-order valence-corrected chi connectivity index (χ3v) is 5.10. The topological polar surface area (TPSA) is 40.7 Å². The monoisotopic (exact) mass is 275 g/mol. The SMILES string of the molecule is Cc1n[nH]c(C)c1NC(c1cccs1)C1CCCC1. The van der Waals surface area contributed by atoms with E-state index in [4.69, 9.17) is 0 Å². The summed E-state index contributed by atoms with van der Waals surface area (Å²) in [5, 5.41) is 13.3. The van der Waals surface area contributed by atoms with Gasteiger partial charge in [0.15, 0.2) is 0 Å². The Morgan fingerprint density at radius 2 is 2.16 bits per heavy atom. The summed E-state index contributed by atoms with van der Waals surface area (Å²) in [6, 6.07) is 4.85. The molecule has 1 saturated carbocycles. The molecule has 0 saturated heterocycles. The molecular formula is C15H21N3S. The van der Waals surface area contributed by atoms with Crippen molar-refractivity contribution in [1.82, 2.24) is 10.2 Å². The van der Waals surface area contributed by atoms with Gasteiger partial charge in [0.2, 0.25) is 0 Å². The average Bonchev–Trinajstić information content (AvgIpc) is 3.12. The Labute approximate surface area is 118 Å². The number of rotatable bonds is 4. The van der Waals surface area contributed by atoms with Gasteiger partial charge in [0.05, 0.1) is 23.1 Å². The lowest BCUT2D eigenvalue weighted by atomic mass is 9.96. The van der Waals surface area contributed by atoms with E-state index < -0.39 is 0 Å². The number of H-pyrrole nitrogens is 1. The molecule has 1 atom stereocenters. The van der Waals surface area contributed by atoms with E-state index in [0.717, 1.165) is 17.3 Å². The molecule has 0 aromatic carbocycles. The molecule has 0 amide bonds. The van der Waals surface area contributed by atoms with Crippen LogP contribution in [0.5, 0.6) is 0 Å². The fraction of sp³-hybridized carbons (Fsp3) is 0.533. The highest BCUT2D eigenvalue weighted by Crippen LogP contribution is 2.40. The van der Waals surface area contributed by atoms with Crippen LogP contribution < -0.4 is 5.32 Å². The molecule has 2 aromatic heterocycles. The van der Waals surface area contributed by atoms with Gasteiger partial charge in [-0.3, -0.25) is 5.10 Å². The van der Waals surface area contributed by atoms with Crippen molar-refractivity contribution in [1.29, 1.82) is 0 Å². The van der Waals surface area contributed by atoms with Crippen LogP contribution in [0.3, 0.4) is 0 Å². The normalized spacial score (nSPS) is 17.8. The van der Waals surface area contributed by atoms with Gasteiger partial charge < -0.3 is 5.32 Å². The second-order valence-corrected chi connectivity index (χ2v) is 6.47. The van der Waals surface area contributed by atoms with Crippen LogP contribution in [0.4, 0.5) is 5.69 Å². The lowest BCUT2D eigenvalue weighted by molar-refractivity contribution is 0.475. The number of nitrogens with one attached hydrogen (secondary N) is 2. The summed E-state index contributed by atoms with van der Waals surface area (Å²) >= 11 is 1.86. The number of aromatic amines is 1. The van der Waals surface area contributed by atoms with E-state index in [2.05, 4.69) is 46.9 Å². The van der Waals surface area contributed by atoms with Crippen molar-refractivity contribution in [2.45, 2.75) is 45.6 Å². The number of aromatic nitrogens is 2. The summed E-state index contributed by atoms with van der Waals surface area (Å²) in [4.78, 5) is 1.45. The van der Waals surface area contributed by atoms with Gasteiger partial charge in [-0.1, -0.05) is 18.9 Å². The van der Waals surface area contributed by atoms with Gasteiger partial charge in [0.25, 0.3) is 0 Å². The Morgan fingerprint density at radius 3 is 2.74 bits per heavy atom. The second-order valence-electron chi connectivity index (χ2n) is 5.49. The van der Waals surface area contributed by atoms with E-state index in [1.165, 1.54) is 36.2 Å². The van der Waals surface area contributed by atoms with Gasteiger partial charge >= 0.3 is 0 Å². The lowest BCUT2D eigenvalue weighted by Gasteiger charge is -2.25. The van der Waals surface area contributed by atoms with Crippen molar-refractivity contribution in [3.63, 3.8) is 0 Å². The molecule has 0 radical (unpaired) electrons. The molecule has 1 unspecified atom stereocenters. The third-order valence-electron chi connectivity index (χ3n) is 4.15. The van der Waals surface area contributed by atoms with E-state index >= 15 is 0 Å².